The highest BCUT2D eigenvalue weighted by Crippen LogP contribution is 2.14. The second kappa shape index (κ2) is 5.23. The Hall–Kier alpha value is -1.81. The lowest BCUT2D eigenvalue weighted by molar-refractivity contribution is 0.0916. The molecule has 2 rings (SSSR count). The van der Waals surface area contributed by atoms with Crippen molar-refractivity contribution in [3.05, 3.63) is 36.0 Å². The van der Waals surface area contributed by atoms with Crippen molar-refractivity contribution in [3.63, 3.8) is 0 Å². The van der Waals surface area contributed by atoms with Crippen LogP contribution in [0.15, 0.2) is 30.5 Å². The number of aliphatic hydroxyl groups excluding tert-OH is 1. The first-order valence-electron chi connectivity index (χ1n) is 6.10. The average Bonchev–Trinajstić information content (AvgIpc) is 2.84. The van der Waals surface area contributed by atoms with Gasteiger partial charge in [0.05, 0.1) is 0 Å². The zero-order chi connectivity index (χ0) is 13.1. The van der Waals surface area contributed by atoms with Crippen LogP contribution in [-0.4, -0.2) is 28.6 Å². The van der Waals surface area contributed by atoms with Gasteiger partial charge in [-0.25, -0.2) is 0 Å². The van der Waals surface area contributed by atoms with Crippen molar-refractivity contribution in [1.29, 1.82) is 0 Å². The number of carbonyl (C=O) groups excluding carboxylic acids is 1. The van der Waals surface area contributed by atoms with Gasteiger partial charge in [0, 0.05) is 29.9 Å². The Bertz CT molecular complexity index is 547. The van der Waals surface area contributed by atoms with E-state index in [2.05, 4.69) is 10.3 Å². The molecule has 4 nitrogen and oxygen atoms in total. The van der Waals surface area contributed by atoms with Crippen LogP contribution < -0.4 is 5.32 Å². The van der Waals surface area contributed by atoms with Crippen LogP contribution in [-0.2, 0) is 0 Å². The quantitative estimate of drug-likeness (QED) is 0.771. The van der Waals surface area contributed by atoms with E-state index in [0.29, 0.717) is 5.56 Å². The van der Waals surface area contributed by atoms with Gasteiger partial charge in [0.15, 0.2) is 0 Å². The smallest absolute Gasteiger partial charge is 0.251 e. The van der Waals surface area contributed by atoms with Gasteiger partial charge in [-0.05, 0) is 36.4 Å². The molecule has 0 aliphatic heterocycles. The number of aromatic nitrogens is 1. The molecule has 0 saturated carbocycles. The molecule has 18 heavy (non-hydrogen) atoms. The fraction of sp³-hybridized carbons (Fsp3) is 0.357. The number of amides is 1. The van der Waals surface area contributed by atoms with Crippen molar-refractivity contribution < 1.29 is 9.90 Å². The minimum absolute atomic E-state index is 0.0446. The van der Waals surface area contributed by atoms with Gasteiger partial charge in [0.2, 0.25) is 0 Å². The maximum absolute atomic E-state index is 12.0. The molecule has 3 N–H and O–H groups in total. The molecule has 1 aromatic carbocycles. The van der Waals surface area contributed by atoms with Gasteiger partial charge in [-0.2, -0.15) is 0 Å². The number of aromatic amines is 1. The Labute approximate surface area is 106 Å². The Kier molecular flexibility index (Phi) is 3.67. The predicted molar refractivity (Wildman–Crippen MR) is 71.5 cm³/mol. The summed E-state index contributed by atoms with van der Waals surface area (Å²) in [5.74, 6) is -0.0672. The van der Waals surface area contributed by atoms with Crippen LogP contribution >= 0.6 is 0 Å². The van der Waals surface area contributed by atoms with Crippen molar-refractivity contribution in [2.24, 2.45) is 5.92 Å². The van der Waals surface area contributed by atoms with Gasteiger partial charge >= 0.3 is 0 Å². The molecular weight excluding hydrogens is 228 g/mol. The summed E-state index contributed by atoms with van der Waals surface area (Å²) < 4.78 is 0. The summed E-state index contributed by atoms with van der Waals surface area (Å²) in [6.07, 6.45) is 1.85. The largest absolute Gasteiger partial charge is 0.396 e. The first-order chi connectivity index (χ1) is 8.61. The first-order valence-corrected chi connectivity index (χ1v) is 6.10. The summed E-state index contributed by atoms with van der Waals surface area (Å²) in [5, 5.41) is 13.0. The number of fused-ring (bicyclic) bond motifs is 1. The second-order valence-electron chi connectivity index (χ2n) is 4.70. The highest BCUT2D eigenvalue weighted by molar-refractivity contribution is 5.98. The van der Waals surface area contributed by atoms with Crippen LogP contribution in [0.1, 0.15) is 24.2 Å². The molecular formula is C14H18N2O2. The first kappa shape index (κ1) is 12.6. The van der Waals surface area contributed by atoms with Crippen molar-refractivity contribution >= 4 is 16.8 Å². The van der Waals surface area contributed by atoms with E-state index in [4.69, 9.17) is 5.11 Å². The van der Waals surface area contributed by atoms with Gasteiger partial charge in [-0.3, -0.25) is 4.79 Å². The second-order valence-corrected chi connectivity index (χ2v) is 4.70. The number of benzene rings is 1. The molecule has 2 aromatic rings. The van der Waals surface area contributed by atoms with E-state index in [-0.39, 0.29) is 24.5 Å². The summed E-state index contributed by atoms with van der Waals surface area (Å²) in [7, 11) is 0. The van der Waals surface area contributed by atoms with E-state index in [9.17, 15) is 4.79 Å². The highest BCUT2D eigenvalue weighted by atomic mass is 16.3. The molecule has 1 heterocycles. The molecule has 0 aliphatic carbocycles. The lowest BCUT2D eigenvalue weighted by Gasteiger charge is -2.19. The van der Waals surface area contributed by atoms with Gasteiger partial charge < -0.3 is 15.4 Å². The Morgan fingerprint density at radius 3 is 2.89 bits per heavy atom. The minimum Gasteiger partial charge on any atom is -0.396 e. The lowest BCUT2D eigenvalue weighted by atomic mass is 10.0. The maximum Gasteiger partial charge on any atom is 0.251 e. The van der Waals surface area contributed by atoms with Crippen molar-refractivity contribution in [3.8, 4) is 0 Å². The molecule has 4 heteroatoms. The standard InChI is InChI=1S/C14H18N2O2/c1-9(8-17)10(2)16-14(18)12-4-3-11-5-6-15-13(11)7-12/h3-7,9-10,15,17H,8H2,1-2H3,(H,16,18). The van der Waals surface area contributed by atoms with Gasteiger partial charge in [-0.15, -0.1) is 0 Å². The van der Waals surface area contributed by atoms with Crippen molar-refractivity contribution in [1.82, 2.24) is 10.3 Å². The van der Waals surface area contributed by atoms with Crippen LogP contribution in [0.25, 0.3) is 10.9 Å². The Balaban J connectivity index is 2.13. The van der Waals surface area contributed by atoms with E-state index >= 15 is 0 Å². The van der Waals surface area contributed by atoms with E-state index in [1.165, 1.54) is 0 Å². The van der Waals surface area contributed by atoms with Crippen LogP contribution in [0.3, 0.4) is 0 Å². The van der Waals surface area contributed by atoms with Crippen molar-refractivity contribution in [2.45, 2.75) is 19.9 Å². The van der Waals surface area contributed by atoms with E-state index < -0.39 is 0 Å². The predicted octanol–water partition coefficient (Wildman–Crippen LogP) is 1.91. The number of hydrogen-bond donors (Lipinski definition) is 3. The number of hydrogen-bond acceptors (Lipinski definition) is 2. The number of rotatable bonds is 4. The summed E-state index contributed by atoms with van der Waals surface area (Å²) in [6, 6.07) is 7.47. The molecule has 96 valence electrons. The fourth-order valence-electron chi connectivity index (χ4n) is 1.78. The maximum atomic E-state index is 12.0. The van der Waals surface area contributed by atoms with Crippen LogP contribution in [0.2, 0.25) is 0 Å². The van der Waals surface area contributed by atoms with Crippen LogP contribution in [0, 0.1) is 5.92 Å². The van der Waals surface area contributed by atoms with Crippen molar-refractivity contribution in [2.75, 3.05) is 6.61 Å². The third kappa shape index (κ3) is 2.54. The number of nitrogens with one attached hydrogen (secondary N) is 2. The van der Waals surface area contributed by atoms with Gasteiger partial charge in [-0.1, -0.05) is 13.0 Å². The average molecular weight is 246 g/mol. The summed E-state index contributed by atoms with van der Waals surface area (Å²) >= 11 is 0. The number of H-pyrrole nitrogens is 1. The number of carbonyl (C=O) groups is 1. The molecule has 0 bridgehead atoms. The molecule has 0 saturated heterocycles. The summed E-state index contributed by atoms with van der Waals surface area (Å²) in [5.41, 5.74) is 1.58. The van der Waals surface area contributed by atoms with Gasteiger partial charge in [0.25, 0.3) is 5.91 Å². The molecule has 0 aliphatic rings. The molecule has 0 fully saturated rings. The molecule has 1 amide bonds. The lowest BCUT2D eigenvalue weighted by Crippen LogP contribution is -2.38. The van der Waals surface area contributed by atoms with E-state index in [1.54, 1.807) is 0 Å². The molecule has 1 aromatic heterocycles. The normalized spacial score (nSPS) is 14.4. The summed E-state index contributed by atoms with van der Waals surface area (Å²) in [4.78, 5) is 15.1. The third-order valence-corrected chi connectivity index (χ3v) is 3.32. The Morgan fingerprint density at radius 2 is 2.17 bits per heavy atom. The zero-order valence-electron chi connectivity index (χ0n) is 10.6. The SMILES string of the molecule is CC(CO)C(C)NC(=O)c1ccc2cc[nH]c2c1. The molecule has 0 spiro atoms. The van der Waals surface area contributed by atoms with Crippen LogP contribution in [0.5, 0.6) is 0 Å². The fourth-order valence-corrected chi connectivity index (χ4v) is 1.78. The molecule has 2 unspecified atom stereocenters. The van der Waals surface area contributed by atoms with Crippen LogP contribution in [0.4, 0.5) is 0 Å². The topological polar surface area (TPSA) is 65.1 Å². The molecule has 0 radical (unpaired) electrons. The summed E-state index contributed by atoms with van der Waals surface area (Å²) in [6.45, 7) is 3.86. The van der Waals surface area contributed by atoms with E-state index in [0.717, 1.165) is 10.9 Å². The third-order valence-electron chi connectivity index (χ3n) is 3.32. The molecule has 2 atom stereocenters. The monoisotopic (exact) mass is 246 g/mol. The Morgan fingerprint density at radius 1 is 1.39 bits per heavy atom. The minimum atomic E-state index is -0.112. The number of aliphatic hydroxyl groups is 1. The highest BCUT2D eigenvalue weighted by Gasteiger charge is 2.15. The van der Waals surface area contributed by atoms with E-state index in [1.807, 2.05) is 44.3 Å². The zero-order valence-corrected chi connectivity index (χ0v) is 10.6. The van der Waals surface area contributed by atoms with Gasteiger partial charge in [0.1, 0.15) is 0 Å².